The van der Waals surface area contributed by atoms with E-state index >= 15 is 0 Å². The van der Waals surface area contributed by atoms with Crippen molar-refractivity contribution in [3.8, 4) is 0 Å². The first-order chi connectivity index (χ1) is 6.33. The Morgan fingerprint density at radius 3 is 2.15 bits per heavy atom. The molecule has 0 saturated heterocycles. The minimum absolute atomic E-state index is 0.00116. The second kappa shape index (κ2) is 5.19. The lowest BCUT2D eigenvalue weighted by Gasteiger charge is -2.35. The fraction of sp³-hybridized carbons (Fsp3) is 0.889. The van der Waals surface area contributed by atoms with Crippen LogP contribution in [0.1, 0.15) is 19.3 Å². The van der Waals surface area contributed by atoms with E-state index in [0.717, 1.165) is 19.3 Å². The average molecular weight is 187 g/mol. The first-order valence-electron chi connectivity index (χ1n) is 4.58. The predicted molar refractivity (Wildman–Crippen MR) is 48.4 cm³/mol. The maximum Gasteiger partial charge on any atom is 0.207 e. The molecule has 4 heteroatoms. The highest BCUT2D eigenvalue weighted by Gasteiger charge is 2.32. The molecule has 1 aliphatic rings. The van der Waals surface area contributed by atoms with Gasteiger partial charge in [0.05, 0.1) is 18.2 Å². The molecule has 0 aromatic heterocycles. The fourth-order valence-electron chi connectivity index (χ4n) is 1.94. The van der Waals surface area contributed by atoms with Gasteiger partial charge in [-0.25, -0.2) is 0 Å². The number of rotatable bonds is 4. The summed E-state index contributed by atoms with van der Waals surface area (Å²) in [5.41, 5.74) is 0. The fourth-order valence-corrected chi connectivity index (χ4v) is 1.94. The molecule has 2 atom stereocenters. The molecule has 76 valence electrons. The Morgan fingerprint density at radius 1 is 1.23 bits per heavy atom. The maximum absolute atomic E-state index is 10.4. The van der Waals surface area contributed by atoms with Gasteiger partial charge < -0.3 is 14.8 Å². The topological polar surface area (TPSA) is 47.6 Å². The summed E-state index contributed by atoms with van der Waals surface area (Å²) in [4.78, 5) is 10.4. The molecule has 0 spiro atoms. The zero-order chi connectivity index (χ0) is 9.68. The first-order valence-corrected chi connectivity index (χ1v) is 4.58. The number of ether oxygens (including phenoxy) is 2. The van der Waals surface area contributed by atoms with Gasteiger partial charge in [-0.2, -0.15) is 0 Å². The number of amides is 1. The van der Waals surface area contributed by atoms with Gasteiger partial charge >= 0.3 is 0 Å². The monoisotopic (exact) mass is 187 g/mol. The van der Waals surface area contributed by atoms with E-state index in [-0.39, 0.29) is 18.2 Å². The quantitative estimate of drug-likeness (QED) is 0.644. The van der Waals surface area contributed by atoms with Gasteiger partial charge in [-0.1, -0.05) is 0 Å². The summed E-state index contributed by atoms with van der Waals surface area (Å²) in [6.45, 7) is 0. The number of hydrogen-bond acceptors (Lipinski definition) is 3. The molecule has 13 heavy (non-hydrogen) atoms. The highest BCUT2D eigenvalue weighted by molar-refractivity contribution is 5.47. The SMILES string of the molecule is COC1CCCC(OC)C1NC=O. The van der Waals surface area contributed by atoms with Crippen LogP contribution < -0.4 is 5.32 Å². The van der Waals surface area contributed by atoms with Crippen molar-refractivity contribution in [2.45, 2.75) is 37.5 Å². The van der Waals surface area contributed by atoms with E-state index in [9.17, 15) is 4.79 Å². The van der Waals surface area contributed by atoms with Crippen LogP contribution in [0.2, 0.25) is 0 Å². The van der Waals surface area contributed by atoms with E-state index in [2.05, 4.69) is 5.32 Å². The number of nitrogens with one attached hydrogen (secondary N) is 1. The first kappa shape index (κ1) is 10.5. The summed E-state index contributed by atoms with van der Waals surface area (Å²) >= 11 is 0. The summed E-state index contributed by atoms with van der Waals surface area (Å²) in [7, 11) is 3.34. The maximum atomic E-state index is 10.4. The molecule has 0 radical (unpaired) electrons. The lowest BCUT2D eigenvalue weighted by atomic mass is 9.90. The Balaban J connectivity index is 2.57. The number of hydrogen-bond donors (Lipinski definition) is 1. The van der Waals surface area contributed by atoms with Crippen molar-refractivity contribution in [1.29, 1.82) is 0 Å². The molecule has 1 fully saturated rings. The summed E-state index contributed by atoms with van der Waals surface area (Å²) in [5.74, 6) is 0. The van der Waals surface area contributed by atoms with Gasteiger partial charge in [-0.05, 0) is 19.3 Å². The van der Waals surface area contributed by atoms with Gasteiger partial charge in [-0.3, -0.25) is 4.79 Å². The van der Waals surface area contributed by atoms with E-state index < -0.39 is 0 Å². The van der Waals surface area contributed by atoms with Crippen molar-refractivity contribution < 1.29 is 14.3 Å². The van der Waals surface area contributed by atoms with Crippen LogP contribution in [0, 0.1) is 0 Å². The molecule has 1 rings (SSSR count). The molecule has 1 saturated carbocycles. The lowest BCUT2D eigenvalue weighted by Crippen LogP contribution is -2.51. The molecule has 1 aliphatic carbocycles. The van der Waals surface area contributed by atoms with Gasteiger partial charge in [0.25, 0.3) is 0 Å². The normalized spacial score (nSPS) is 34.2. The van der Waals surface area contributed by atoms with E-state index in [1.54, 1.807) is 14.2 Å². The highest BCUT2D eigenvalue weighted by Crippen LogP contribution is 2.22. The van der Waals surface area contributed by atoms with Crippen molar-refractivity contribution in [2.75, 3.05) is 14.2 Å². The van der Waals surface area contributed by atoms with Gasteiger partial charge in [0.2, 0.25) is 6.41 Å². The molecule has 0 aliphatic heterocycles. The van der Waals surface area contributed by atoms with Crippen LogP contribution in [0.5, 0.6) is 0 Å². The Bertz CT molecular complexity index is 151. The molecule has 1 N–H and O–H groups in total. The second-order valence-electron chi connectivity index (χ2n) is 3.29. The number of carbonyl (C=O) groups excluding carboxylic acids is 1. The average Bonchev–Trinajstić information content (AvgIpc) is 2.18. The van der Waals surface area contributed by atoms with Crippen LogP contribution in [0.3, 0.4) is 0 Å². The zero-order valence-corrected chi connectivity index (χ0v) is 8.16. The molecule has 0 bridgehead atoms. The van der Waals surface area contributed by atoms with Gasteiger partial charge in [0.15, 0.2) is 0 Å². The van der Waals surface area contributed by atoms with E-state index in [1.165, 1.54) is 0 Å². The Kier molecular flexibility index (Phi) is 4.18. The zero-order valence-electron chi connectivity index (χ0n) is 8.16. The van der Waals surface area contributed by atoms with Crippen LogP contribution in [0.4, 0.5) is 0 Å². The van der Waals surface area contributed by atoms with Crippen LogP contribution >= 0.6 is 0 Å². The van der Waals surface area contributed by atoms with Crippen LogP contribution in [-0.2, 0) is 14.3 Å². The lowest BCUT2D eigenvalue weighted by molar-refractivity contribution is -0.114. The second-order valence-corrected chi connectivity index (χ2v) is 3.29. The van der Waals surface area contributed by atoms with Crippen molar-refractivity contribution in [2.24, 2.45) is 0 Å². The molecule has 1 amide bonds. The smallest absolute Gasteiger partial charge is 0.207 e. The largest absolute Gasteiger partial charge is 0.379 e. The summed E-state index contributed by atoms with van der Waals surface area (Å²) in [6, 6.07) is 0.00116. The molecular weight excluding hydrogens is 170 g/mol. The van der Waals surface area contributed by atoms with Gasteiger partial charge in [0, 0.05) is 14.2 Å². The summed E-state index contributed by atoms with van der Waals surface area (Å²) in [5, 5.41) is 2.76. The van der Waals surface area contributed by atoms with Gasteiger partial charge in [-0.15, -0.1) is 0 Å². The summed E-state index contributed by atoms with van der Waals surface area (Å²) in [6.07, 6.45) is 3.96. The minimum Gasteiger partial charge on any atom is -0.379 e. The molecule has 4 nitrogen and oxygen atoms in total. The minimum atomic E-state index is 0.00116. The van der Waals surface area contributed by atoms with Crippen LogP contribution in [-0.4, -0.2) is 38.9 Å². The third-order valence-corrected chi connectivity index (χ3v) is 2.64. The third-order valence-electron chi connectivity index (χ3n) is 2.64. The summed E-state index contributed by atoms with van der Waals surface area (Å²) < 4.78 is 10.6. The van der Waals surface area contributed by atoms with Crippen LogP contribution in [0.15, 0.2) is 0 Å². The Labute approximate surface area is 78.6 Å². The van der Waals surface area contributed by atoms with Gasteiger partial charge in [0.1, 0.15) is 0 Å². The highest BCUT2D eigenvalue weighted by atomic mass is 16.5. The van der Waals surface area contributed by atoms with E-state index in [0.29, 0.717) is 6.41 Å². The standard InChI is InChI=1S/C9H17NO3/c1-12-7-4-3-5-8(13-2)9(7)10-6-11/h6-9H,3-5H2,1-2H3,(H,10,11). The predicted octanol–water partition coefficient (Wildman–Crippen LogP) is 0.315. The Morgan fingerprint density at radius 2 is 1.77 bits per heavy atom. The molecule has 0 heterocycles. The van der Waals surface area contributed by atoms with Crippen molar-refractivity contribution in [3.63, 3.8) is 0 Å². The Hall–Kier alpha value is -0.610. The molecular formula is C9H17NO3. The third kappa shape index (κ3) is 2.42. The van der Waals surface area contributed by atoms with E-state index in [4.69, 9.17) is 9.47 Å². The van der Waals surface area contributed by atoms with Crippen molar-refractivity contribution >= 4 is 6.41 Å². The number of carbonyl (C=O) groups is 1. The van der Waals surface area contributed by atoms with Crippen molar-refractivity contribution in [1.82, 2.24) is 5.32 Å². The van der Waals surface area contributed by atoms with Crippen LogP contribution in [0.25, 0.3) is 0 Å². The molecule has 0 aromatic rings. The van der Waals surface area contributed by atoms with Crippen molar-refractivity contribution in [3.05, 3.63) is 0 Å². The molecule has 0 aromatic carbocycles. The number of methoxy groups -OCH3 is 2. The molecule has 2 unspecified atom stereocenters. The van der Waals surface area contributed by atoms with E-state index in [1.807, 2.05) is 0 Å².